The molecule has 2 aliphatic carbocycles. The smallest absolute Gasteiger partial charge is 0.360 e. The largest absolute Gasteiger partial charge is 0.416 e. The molecule has 258 valence electrons. The molecule has 0 saturated heterocycles. The molecule has 3 aromatic carbocycles. The molecule has 5 atom stereocenters. The average Bonchev–Trinajstić information content (AvgIpc) is 3.52. The van der Waals surface area contributed by atoms with Gasteiger partial charge in [0, 0.05) is 23.8 Å². The van der Waals surface area contributed by atoms with Gasteiger partial charge in [-0.1, -0.05) is 79.9 Å². The van der Waals surface area contributed by atoms with Crippen LogP contribution < -0.4 is 31.9 Å². The summed E-state index contributed by atoms with van der Waals surface area (Å²) in [5, 5.41) is 15.8. The van der Waals surface area contributed by atoms with Crippen LogP contribution in [0.5, 0.6) is 0 Å². The average molecular weight is 725 g/mol. The molecular formula is C35H39F6N4PS2. The summed E-state index contributed by atoms with van der Waals surface area (Å²) in [5.74, 6) is 0.405. The SMILES string of the molecule is C[C@@H](NC(=S)N[C@H]1CCCC[C@@H]1NC(=S)Nc1cc(C(F)(F)F)cc(C(F)(F)F)c1)[C@@H]1CCCC1P(c1ccccc1)c1ccccc1. The minimum absolute atomic E-state index is 0.0580. The van der Waals surface area contributed by atoms with E-state index in [1.54, 1.807) is 0 Å². The Balaban J connectivity index is 1.23. The van der Waals surface area contributed by atoms with E-state index in [1.165, 1.54) is 10.6 Å². The molecule has 0 aliphatic heterocycles. The van der Waals surface area contributed by atoms with Crippen LogP contribution in [0.3, 0.4) is 0 Å². The highest BCUT2D eigenvalue weighted by molar-refractivity contribution is 7.80. The number of thiocarbonyl (C=S) groups is 2. The van der Waals surface area contributed by atoms with E-state index in [9.17, 15) is 26.3 Å². The minimum atomic E-state index is -4.95. The van der Waals surface area contributed by atoms with Gasteiger partial charge in [0.2, 0.25) is 0 Å². The first kappa shape index (κ1) is 36.3. The van der Waals surface area contributed by atoms with Gasteiger partial charge in [-0.2, -0.15) is 26.3 Å². The van der Waals surface area contributed by atoms with Crippen LogP contribution in [-0.4, -0.2) is 34.0 Å². The summed E-state index contributed by atoms with van der Waals surface area (Å²) in [6, 6.07) is 22.5. The van der Waals surface area contributed by atoms with Crippen LogP contribution in [0.4, 0.5) is 32.0 Å². The molecule has 2 saturated carbocycles. The summed E-state index contributed by atoms with van der Waals surface area (Å²) in [7, 11) is -0.581. The van der Waals surface area contributed by atoms with Gasteiger partial charge in [0.15, 0.2) is 10.2 Å². The highest BCUT2D eigenvalue weighted by Gasteiger charge is 2.39. The van der Waals surface area contributed by atoms with E-state index in [4.69, 9.17) is 24.4 Å². The zero-order chi connectivity index (χ0) is 34.5. The maximum atomic E-state index is 13.4. The lowest BCUT2D eigenvalue weighted by atomic mass is 9.90. The quantitative estimate of drug-likeness (QED) is 0.106. The zero-order valence-corrected chi connectivity index (χ0v) is 28.9. The topological polar surface area (TPSA) is 48.1 Å². The highest BCUT2D eigenvalue weighted by Crippen LogP contribution is 2.51. The number of rotatable bonds is 8. The summed E-state index contributed by atoms with van der Waals surface area (Å²) in [4.78, 5) is 0. The monoisotopic (exact) mass is 724 g/mol. The van der Waals surface area contributed by atoms with E-state index >= 15 is 0 Å². The fourth-order valence-electron chi connectivity index (χ4n) is 6.95. The van der Waals surface area contributed by atoms with E-state index in [0.717, 1.165) is 38.5 Å². The standard InChI is InChI=1S/C35H39F6N4PS2/c1-22(28-15-10-18-31(28)46(26-11-4-2-5-12-26)27-13-6-3-7-14-27)42-32(47)44-29-16-8-9-17-30(29)45-33(48)43-25-20-23(34(36,37)38)19-24(21-25)35(39,40)41/h2-7,11-14,19-22,28-31H,8-10,15-18H2,1H3,(H2,42,44,47)(H2,43,45,48)/t22-,28+,29+,30+,31?/m1/s1. The Labute approximate surface area is 289 Å². The van der Waals surface area contributed by atoms with Crippen molar-refractivity contribution in [2.75, 3.05) is 5.32 Å². The van der Waals surface area contributed by atoms with Crippen LogP contribution in [0.1, 0.15) is 63.0 Å². The molecule has 13 heteroatoms. The lowest BCUT2D eigenvalue weighted by Gasteiger charge is -2.37. The van der Waals surface area contributed by atoms with Crippen LogP contribution in [0, 0.1) is 5.92 Å². The molecule has 5 rings (SSSR count). The van der Waals surface area contributed by atoms with Gasteiger partial charge in [0.25, 0.3) is 0 Å². The van der Waals surface area contributed by atoms with Gasteiger partial charge in [0.1, 0.15) is 0 Å². The van der Waals surface area contributed by atoms with Crippen molar-refractivity contribution in [3.63, 3.8) is 0 Å². The fourth-order valence-corrected chi connectivity index (χ4v) is 10.8. The highest BCUT2D eigenvalue weighted by atomic mass is 32.1. The molecular weight excluding hydrogens is 686 g/mol. The number of benzene rings is 3. The Morgan fingerprint density at radius 3 is 1.69 bits per heavy atom. The minimum Gasteiger partial charge on any atom is -0.360 e. The molecule has 0 radical (unpaired) electrons. The van der Waals surface area contributed by atoms with Crippen LogP contribution in [0.2, 0.25) is 0 Å². The molecule has 4 N–H and O–H groups in total. The van der Waals surface area contributed by atoms with Gasteiger partial charge in [-0.15, -0.1) is 0 Å². The zero-order valence-electron chi connectivity index (χ0n) is 26.4. The Morgan fingerprint density at radius 2 is 1.19 bits per heavy atom. The molecule has 0 spiro atoms. The van der Waals surface area contributed by atoms with E-state index in [-0.39, 0.29) is 29.3 Å². The fraction of sp³-hybridized carbons (Fsp3) is 0.429. The van der Waals surface area contributed by atoms with E-state index in [0.29, 0.717) is 35.2 Å². The summed E-state index contributed by atoms with van der Waals surface area (Å²) in [6.07, 6.45) is -3.20. The number of alkyl halides is 6. The van der Waals surface area contributed by atoms with Crippen LogP contribution >= 0.6 is 32.4 Å². The maximum Gasteiger partial charge on any atom is 0.416 e. The molecule has 2 fully saturated rings. The number of nitrogens with one attached hydrogen (secondary N) is 4. The Kier molecular flexibility index (Phi) is 11.9. The van der Waals surface area contributed by atoms with Gasteiger partial charge < -0.3 is 21.3 Å². The van der Waals surface area contributed by atoms with E-state index in [2.05, 4.69) is 76.7 Å². The summed E-state index contributed by atoms with van der Waals surface area (Å²) >= 11 is 11.2. The van der Waals surface area contributed by atoms with Crippen molar-refractivity contribution in [1.82, 2.24) is 16.0 Å². The predicted molar refractivity (Wildman–Crippen MR) is 190 cm³/mol. The summed E-state index contributed by atoms with van der Waals surface area (Å²) in [5.41, 5.74) is -2.72. The van der Waals surface area contributed by atoms with Crippen LogP contribution in [0.25, 0.3) is 0 Å². The molecule has 0 bridgehead atoms. The molecule has 3 aromatic rings. The van der Waals surface area contributed by atoms with Crippen molar-refractivity contribution in [3.05, 3.63) is 90.0 Å². The van der Waals surface area contributed by atoms with E-state index < -0.39 is 37.1 Å². The van der Waals surface area contributed by atoms with Gasteiger partial charge in [-0.05, 0) is 105 Å². The van der Waals surface area contributed by atoms with Crippen molar-refractivity contribution in [1.29, 1.82) is 0 Å². The first-order valence-corrected chi connectivity index (χ1v) is 18.4. The third kappa shape index (κ3) is 9.39. The van der Waals surface area contributed by atoms with Crippen LogP contribution in [-0.2, 0) is 12.4 Å². The van der Waals surface area contributed by atoms with Gasteiger partial charge in [-0.3, -0.25) is 0 Å². The van der Waals surface area contributed by atoms with Crippen molar-refractivity contribution in [2.24, 2.45) is 5.92 Å². The number of anilines is 1. The van der Waals surface area contributed by atoms with Gasteiger partial charge in [-0.25, -0.2) is 0 Å². The lowest BCUT2D eigenvalue weighted by Crippen LogP contribution is -2.57. The molecule has 2 aliphatic rings. The van der Waals surface area contributed by atoms with E-state index in [1.807, 2.05) is 12.1 Å². The first-order valence-electron chi connectivity index (χ1n) is 16.1. The molecule has 0 heterocycles. The summed E-state index contributed by atoms with van der Waals surface area (Å²) in [6.45, 7) is 2.18. The van der Waals surface area contributed by atoms with Crippen molar-refractivity contribution >= 4 is 58.9 Å². The van der Waals surface area contributed by atoms with Crippen LogP contribution in [0.15, 0.2) is 78.9 Å². The molecule has 0 amide bonds. The molecule has 48 heavy (non-hydrogen) atoms. The number of hydrogen-bond acceptors (Lipinski definition) is 2. The maximum absolute atomic E-state index is 13.4. The van der Waals surface area contributed by atoms with Gasteiger partial charge in [0.05, 0.1) is 11.1 Å². The third-order valence-electron chi connectivity index (χ3n) is 9.18. The normalized spacial score (nSPS) is 22.2. The first-order chi connectivity index (χ1) is 22.8. The molecule has 4 nitrogen and oxygen atoms in total. The number of halogens is 6. The Morgan fingerprint density at radius 1 is 0.688 bits per heavy atom. The Bertz CT molecular complexity index is 1470. The second-order valence-corrected chi connectivity index (χ2v) is 15.8. The molecule has 1 unspecified atom stereocenters. The molecule has 0 aromatic heterocycles. The second-order valence-electron chi connectivity index (χ2n) is 12.5. The lowest BCUT2D eigenvalue weighted by molar-refractivity contribution is -0.143. The number of hydrogen-bond donors (Lipinski definition) is 4. The van der Waals surface area contributed by atoms with Gasteiger partial charge >= 0.3 is 12.4 Å². The predicted octanol–water partition coefficient (Wildman–Crippen LogP) is 8.48. The van der Waals surface area contributed by atoms with Crippen molar-refractivity contribution < 1.29 is 26.3 Å². The third-order valence-corrected chi connectivity index (χ3v) is 12.6. The van der Waals surface area contributed by atoms with Crippen molar-refractivity contribution in [2.45, 2.75) is 88.0 Å². The van der Waals surface area contributed by atoms with Crippen molar-refractivity contribution in [3.8, 4) is 0 Å². The second kappa shape index (κ2) is 15.7. The summed E-state index contributed by atoms with van der Waals surface area (Å²) < 4.78 is 80.1. The Hall–Kier alpha value is -2.95.